The van der Waals surface area contributed by atoms with E-state index in [9.17, 15) is 13.5 Å². The molecule has 0 amide bonds. The van der Waals surface area contributed by atoms with Crippen LogP contribution in [0.25, 0.3) is 0 Å². The third-order valence-electron chi connectivity index (χ3n) is 2.30. The SMILES string of the molecule is CCS(=O)(=O)[C@](Cl)(Br)[C@H](O)c1ccc(Br)cc1. The lowest BCUT2D eigenvalue weighted by molar-refractivity contribution is 0.185. The molecule has 0 spiro atoms. The van der Waals surface area contributed by atoms with E-state index in [2.05, 4.69) is 31.9 Å². The molecule has 0 bridgehead atoms. The average molecular weight is 407 g/mol. The minimum Gasteiger partial charge on any atom is -0.385 e. The Bertz CT molecular complexity index is 485. The molecule has 0 unspecified atom stereocenters. The molecule has 1 N–H and O–H groups in total. The van der Waals surface area contributed by atoms with Gasteiger partial charge in [0, 0.05) is 4.47 Å². The van der Waals surface area contributed by atoms with Crippen molar-refractivity contribution in [3.63, 3.8) is 0 Å². The maximum absolute atomic E-state index is 11.8. The van der Waals surface area contributed by atoms with Gasteiger partial charge in [-0.15, -0.1) is 0 Å². The van der Waals surface area contributed by atoms with Crippen molar-refractivity contribution >= 4 is 53.3 Å². The fourth-order valence-electron chi connectivity index (χ4n) is 1.20. The van der Waals surface area contributed by atoms with E-state index >= 15 is 0 Å². The van der Waals surface area contributed by atoms with Gasteiger partial charge in [-0.2, -0.15) is 0 Å². The van der Waals surface area contributed by atoms with Gasteiger partial charge in [0.15, 0.2) is 9.84 Å². The highest BCUT2D eigenvalue weighted by Gasteiger charge is 2.45. The van der Waals surface area contributed by atoms with Crippen LogP contribution in [0.4, 0.5) is 0 Å². The zero-order chi connectivity index (χ0) is 13.3. The molecule has 1 rings (SSSR count). The lowest BCUT2D eigenvalue weighted by atomic mass is 10.1. The molecule has 0 aliphatic rings. The summed E-state index contributed by atoms with van der Waals surface area (Å²) in [6.45, 7) is 1.47. The fraction of sp³-hybridized carbons (Fsp3) is 0.400. The van der Waals surface area contributed by atoms with Gasteiger partial charge in [-0.25, -0.2) is 8.42 Å². The largest absolute Gasteiger partial charge is 0.385 e. The highest BCUT2D eigenvalue weighted by atomic mass is 79.9. The van der Waals surface area contributed by atoms with E-state index in [-0.39, 0.29) is 5.75 Å². The molecule has 0 saturated carbocycles. The Morgan fingerprint density at radius 1 is 1.41 bits per heavy atom. The summed E-state index contributed by atoms with van der Waals surface area (Å²) in [6.07, 6.45) is -1.35. The Morgan fingerprint density at radius 3 is 2.29 bits per heavy atom. The molecule has 0 radical (unpaired) electrons. The van der Waals surface area contributed by atoms with E-state index in [0.717, 1.165) is 4.47 Å². The van der Waals surface area contributed by atoms with Crippen LogP contribution in [-0.4, -0.2) is 22.4 Å². The zero-order valence-electron chi connectivity index (χ0n) is 8.90. The fourth-order valence-corrected chi connectivity index (χ4v) is 3.73. The van der Waals surface area contributed by atoms with Gasteiger partial charge in [0.2, 0.25) is 3.12 Å². The van der Waals surface area contributed by atoms with Gasteiger partial charge in [0.1, 0.15) is 6.10 Å². The van der Waals surface area contributed by atoms with Gasteiger partial charge < -0.3 is 5.11 Å². The Balaban J connectivity index is 3.12. The second-order valence-electron chi connectivity index (χ2n) is 3.42. The molecule has 3 nitrogen and oxygen atoms in total. The number of halogens is 3. The van der Waals surface area contributed by atoms with Crippen LogP contribution in [0.3, 0.4) is 0 Å². The number of aliphatic hydroxyl groups excluding tert-OH is 1. The molecule has 2 atom stereocenters. The standard InChI is InChI=1S/C10H11Br2ClO3S/c1-2-17(15,16)10(12,13)9(14)7-3-5-8(11)6-4-7/h3-6,9,14H,2H2,1H3/t9-,10+/m1/s1. The second-order valence-corrected chi connectivity index (χ2v) is 9.84. The van der Waals surface area contributed by atoms with E-state index in [0.29, 0.717) is 5.56 Å². The topological polar surface area (TPSA) is 54.4 Å². The summed E-state index contributed by atoms with van der Waals surface area (Å²) in [6, 6.07) is 6.63. The Morgan fingerprint density at radius 2 is 1.88 bits per heavy atom. The summed E-state index contributed by atoms with van der Waals surface area (Å²) >= 11 is 12.1. The minimum absolute atomic E-state index is 0.157. The first-order valence-electron chi connectivity index (χ1n) is 4.76. The smallest absolute Gasteiger partial charge is 0.229 e. The van der Waals surface area contributed by atoms with E-state index in [1.807, 2.05) is 0 Å². The number of hydrogen-bond acceptors (Lipinski definition) is 3. The Kier molecular flexibility index (Phi) is 5.06. The Labute approximate surface area is 122 Å². The van der Waals surface area contributed by atoms with Crippen molar-refractivity contribution in [2.45, 2.75) is 16.1 Å². The summed E-state index contributed by atoms with van der Waals surface area (Å²) in [7, 11) is -3.63. The van der Waals surface area contributed by atoms with Crippen molar-refractivity contribution in [1.82, 2.24) is 0 Å². The number of alkyl halides is 2. The van der Waals surface area contributed by atoms with Crippen molar-refractivity contribution in [3.8, 4) is 0 Å². The maximum Gasteiger partial charge on any atom is 0.229 e. The molecule has 0 fully saturated rings. The molecule has 7 heteroatoms. The highest BCUT2D eigenvalue weighted by Crippen LogP contribution is 2.43. The third-order valence-corrected chi connectivity index (χ3v) is 7.47. The number of rotatable bonds is 4. The van der Waals surface area contributed by atoms with Crippen LogP contribution in [0.1, 0.15) is 18.6 Å². The number of hydrogen-bond donors (Lipinski definition) is 1. The van der Waals surface area contributed by atoms with Crippen LogP contribution in [0.2, 0.25) is 0 Å². The summed E-state index contributed by atoms with van der Waals surface area (Å²) in [4.78, 5) is 0. The van der Waals surface area contributed by atoms with Gasteiger partial charge >= 0.3 is 0 Å². The van der Waals surface area contributed by atoms with Gasteiger partial charge in [-0.3, -0.25) is 0 Å². The monoisotopic (exact) mass is 404 g/mol. The van der Waals surface area contributed by atoms with Crippen molar-refractivity contribution in [2.24, 2.45) is 0 Å². The quantitative estimate of drug-likeness (QED) is 0.782. The third kappa shape index (κ3) is 3.23. The summed E-state index contributed by atoms with van der Waals surface area (Å²) in [5.74, 6) is -0.157. The molecule has 0 aliphatic heterocycles. The van der Waals surface area contributed by atoms with Crippen LogP contribution < -0.4 is 0 Å². The van der Waals surface area contributed by atoms with Crippen molar-refractivity contribution in [1.29, 1.82) is 0 Å². The summed E-state index contributed by atoms with van der Waals surface area (Å²) < 4.78 is 22.4. The molecule has 96 valence electrons. The predicted octanol–water partition coefficient (Wildman–Crippen LogP) is 3.20. The molecule has 1 aromatic carbocycles. The van der Waals surface area contributed by atoms with Gasteiger partial charge in [0.25, 0.3) is 0 Å². The van der Waals surface area contributed by atoms with Crippen LogP contribution in [-0.2, 0) is 9.84 Å². The highest BCUT2D eigenvalue weighted by molar-refractivity contribution is 9.12. The first-order valence-corrected chi connectivity index (χ1v) is 8.37. The molecule has 0 aliphatic carbocycles. The summed E-state index contributed by atoms with van der Waals surface area (Å²) in [5.41, 5.74) is 0.428. The lowest BCUT2D eigenvalue weighted by Crippen LogP contribution is -2.34. The lowest BCUT2D eigenvalue weighted by Gasteiger charge is -2.25. The molecule has 0 heterocycles. The van der Waals surface area contributed by atoms with Crippen LogP contribution in [0.15, 0.2) is 28.7 Å². The van der Waals surface area contributed by atoms with Crippen LogP contribution in [0, 0.1) is 0 Å². The normalized spacial score (nSPS) is 17.5. The first-order chi connectivity index (χ1) is 7.72. The van der Waals surface area contributed by atoms with E-state index in [4.69, 9.17) is 11.6 Å². The predicted molar refractivity (Wildman–Crippen MR) is 76.1 cm³/mol. The van der Waals surface area contributed by atoms with Gasteiger partial charge in [0.05, 0.1) is 5.75 Å². The molecular formula is C10H11Br2ClO3S. The van der Waals surface area contributed by atoms with E-state index in [1.54, 1.807) is 24.3 Å². The first kappa shape index (κ1) is 15.4. The van der Waals surface area contributed by atoms with Crippen LogP contribution >= 0.6 is 43.5 Å². The van der Waals surface area contributed by atoms with E-state index in [1.165, 1.54) is 6.92 Å². The van der Waals surface area contributed by atoms with Crippen molar-refractivity contribution in [2.75, 3.05) is 5.75 Å². The number of benzene rings is 1. The Hall–Kier alpha value is 0.380. The van der Waals surface area contributed by atoms with Crippen molar-refractivity contribution in [3.05, 3.63) is 34.3 Å². The van der Waals surface area contributed by atoms with Gasteiger partial charge in [-0.1, -0.05) is 46.6 Å². The van der Waals surface area contributed by atoms with Gasteiger partial charge in [-0.05, 0) is 33.6 Å². The number of sulfone groups is 1. The molecular weight excluding hydrogens is 395 g/mol. The second kappa shape index (κ2) is 5.57. The van der Waals surface area contributed by atoms with Crippen molar-refractivity contribution < 1.29 is 13.5 Å². The minimum atomic E-state index is -3.63. The number of aliphatic hydroxyl groups is 1. The van der Waals surface area contributed by atoms with Crippen LogP contribution in [0.5, 0.6) is 0 Å². The molecule has 1 aromatic rings. The van der Waals surface area contributed by atoms with E-state index < -0.39 is 19.1 Å². The molecule has 0 saturated heterocycles. The molecule has 0 aromatic heterocycles. The zero-order valence-corrected chi connectivity index (χ0v) is 13.6. The average Bonchev–Trinajstić information content (AvgIpc) is 2.28. The summed E-state index contributed by atoms with van der Waals surface area (Å²) in [5, 5.41) is 10.0. The maximum atomic E-state index is 11.8. The molecule has 17 heavy (non-hydrogen) atoms.